The topological polar surface area (TPSA) is 79.8 Å². The molecule has 26 heavy (non-hydrogen) atoms. The van der Waals surface area contributed by atoms with E-state index in [4.69, 9.17) is 39.5 Å². The van der Waals surface area contributed by atoms with Crippen LogP contribution >= 0.6 is 34.8 Å². The second-order valence-corrected chi connectivity index (χ2v) is 6.21. The van der Waals surface area contributed by atoms with Gasteiger partial charge >= 0.3 is 0 Å². The maximum absolute atomic E-state index is 11.7. The minimum atomic E-state index is -0.502. The highest BCUT2D eigenvalue weighted by molar-refractivity contribution is 6.36. The van der Waals surface area contributed by atoms with E-state index in [0.717, 1.165) is 0 Å². The number of hydrazone groups is 1. The molecule has 2 amide bonds. The Morgan fingerprint density at radius 2 is 1.81 bits per heavy atom. The lowest BCUT2D eigenvalue weighted by molar-refractivity contribution is -0.127. The molecule has 0 aliphatic carbocycles. The van der Waals surface area contributed by atoms with Crippen LogP contribution in [0.25, 0.3) is 0 Å². The van der Waals surface area contributed by atoms with Crippen LogP contribution in [0, 0.1) is 0 Å². The summed E-state index contributed by atoms with van der Waals surface area (Å²) in [5.74, 6) is -0.583. The number of halogens is 3. The molecule has 0 unspecified atom stereocenters. The van der Waals surface area contributed by atoms with Gasteiger partial charge in [-0.25, -0.2) is 5.43 Å². The average molecular weight is 415 g/mol. The van der Waals surface area contributed by atoms with Crippen molar-refractivity contribution in [1.82, 2.24) is 10.7 Å². The van der Waals surface area contributed by atoms with Gasteiger partial charge in [0.2, 0.25) is 0 Å². The van der Waals surface area contributed by atoms with Crippen molar-refractivity contribution >= 4 is 52.8 Å². The Morgan fingerprint density at radius 1 is 1.04 bits per heavy atom. The number of carbonyl (C=O) groups excluding carboxylic acids is 2. The molecule has 0 aliphatic heterocycles. The number of ether oxygens (including phenoxy) is 1. The average Bonchev–Trinajstić information content (AvgIpc) is 2.61. The second kappa shape index (κ2) is 10.0. The van der Waals surface area contributed by atoms with E-state index in [1.54, 1.807) is 42.5 Å². The van der Waals surface area contributed by atoms with Crippen molar-refractivity contribution in [2.75, 3.05) is 13.2 Å². The van der Waals surface area contributed by atoms with Gasteiger partial charge in [-0.05, 0) is 24.3 Å². The van der Waals surface area contributed by atoms with Gasteiger partial charge in [-0.1, -0.05) is 53.0 Å². The summed E-state index contributed by atoms with van der Waals surface area (Å²) in [6, 6.07) is 11.6. The molecule has 6 nitrogen and oxygen atoms in total. The van der Waals surface area contributed by atoms with Gasteiger partial charge in [0.1, 0.15) is 5.75 Å². The third-order valence-electron chi connectivity index (χ3n) is 3.00. The highest BCUT2D eigenvalue weighted by atomic mass is 35.5. The number of hydrogen-bond donors (Lipinski definition) is 2. The summed E-state index contributed by atoms with van der Waals surface area (Å²) in [5, 5.41) is 7.46. The fourth-order valence-corrected chi connectivity index (χ4v) is 2.40. The standard InChI is InChI=1S/C17H14Cl3N3O3/c18-12-6-5-11(14(20)7-12)8-22-23-16(24)9-21-17(25)10-26-15-4-2-1-3-13(15)19/h1-8H,9-10H2,(H,21,25)(H,23,24)/b22-8-. The fraction of sp³-hybridized carbons (Fsp3) is 0.118. The third-order valence-corrected chi connectivity index (χ3v) is 3.87. The predicted octanol–water partition coefficient (Wildman–Crippen LogP) is 3.29. The number of carbonyl (C=O) groups is 2. The molecule has 0 atom stereocenters. The first-order valence-corrected chi connectivity index (χ1v) is 8.50. The Balaban J connectivity index is 1.71. The molecular weight excluding hydrogens is 401 g/mol. The van der Waals surface area contributed by atoms with Crippen LogP contribution in [0.2, 0.25) is 15.1 Å². The van der Waals surface area contributed by atoms with Gasteiger partial charge in [0.15, 0.2) is 6.61 Å². The summed E-state index contributed by atoms with van der Waals surface area (Å²) in [4.78, 5) is 23.3. The zero-order chi connectivity index (χ0) is 18.9. The van der Waals surface area contributed by atoms with Crippen LogP contribution in [0.15, 0.2) is 47.6 Å². The van der Waals surface area contributed by atoms with Gasteiger partial charge in [-0.3, -0.25) is 9.59 Å². The molecule has 2 rings (SSSR count). The van der Waals surface area contributed by atoms with E-state index in [0.29, 0.717) is 26.4 Å². The Hall–Kier alpha value is -2.28. The van der Waals surface area contributed by atoms with Crippen molar-refractivity contribution in [1.29, 1.82) is 0 Å². The Labute approximate surface area is 165 Å². The molecule has 2 aromatic carbocycles. The predicted molar refractivity (Wildman–Crippen MR) is 102 cm³/mol. The molecule has 0 aromatic heterocycles. The Bertz CT molecular complexity index is 828. The van der Waals surface area contributed by atoms with Crippen LogP contribution in [-0.4, -0.2) is 31.2 Å². The van der Waals surface area contributed by atoms with E-state index < -0.39 is 11.8 Å². The van der Waals surface area contributed by atoms with Crippen LogP contribution in [0.4, 0.5) is 0 Å². The lowest BCUT2D eigenvalue weighted by atomic mass is 10.2. The van der Waals surface area contributed by atoms with Crippen molar-refractivity contribution in [2.45, 2.75) is 0 Å². The summed E-state index contributed by atoms with van der Waals surface area (Å²) >= 11 is 17.7. The molecule has 0 bridgehead atoms. The summed E-state index contributed by atoms with van der Waals surface area (Å²) < 4.78 is 5.26. The lowest BCUT2D eigenvalue weighted by Gasteiger charge is -2.08. The first kappa shape index (κ1) is 20.0. The van der Waals surface area contributed by atoms with Crippen LogP contribution in [0.1, 0.15) is 5.56 Å². The highest BCUT2D eigenvalue weighted by Gasteiger charge is 2.07. The normalized spacial score (nSPS) is 10.6. The van der Waals surface area contributed by atoms with Crippen LogP contribution in [-0.2, 0) is 9.59 Å². The molecule has 0 saturated heterocycles. The van der Waals surface area contributed by atoms with Crippen molar-refractivity contribution in [3.63, 3.8) is 0 Å². The molecule has 9 heteroatoms. The zero-order valence-corrected chi connectivity index (χ0v) is 15.6. The minimum Gasteiger partial charge on any atom is -0.482 e. The van der Waals surface area contributed by atoms with Gasteiger partial charge in [0.25, 0.3) is 11.8 Å². The minimum absolute atomic E-state index is 0.254. The number of rotatable bonds is 7. The highest BCUT2D eigenvalue weighted by Crippen LogP contribution is 2.22. The fourth-order valence-electron chi connectivity index (χ4n) is 1.75. The van der Waals surface area contributed by atoms with Gasteiger partial charge in [-0.15, -0.1) is 0 Å². The molecule has 0 radical (unpaired) electrons. The van der Waals surface area contributed by atoms with E-state index in [2.05, 4.69) is 15.8 Å². The maximum atomic E-state index is 11.7. The number of nitrogens with zero attached hydrogens (tertiary/aromatic N) is 1. The number of hydrogen-bond acceptors (Lipinski definition) is 4. The van der Waals surface area contributed by atoms with Crippen LogP contribution in [0.5, 0.6) is 5.75 Å². The number of benzene rings is 2. The van der Waals surface area contributed by atoms with Crippen molar-refractivity contribution < 1.29 is 14.3 Å². The van der Waals surface area contributed by atoms with Gasteiger partial charge in [0.05, 0.1) is 22.8 Å². The molecule has 2 N–H and O–H groups in total. The van der Waals surface area contributed by atoms with E-state index in [9.17, 15) is 9.59 Å². The largest absolute Gasteiger partial charge is 0.482 e. The number of amides is 2. The molecule has 0 saturated carbocycles. The van der Waals surface area contributed by atoms with Crippen LogP contribution in [0.3, 0.4) is 0 Å². The van der Waals surface area contributed by atoms with E-state index in [-0.39, 0.29) is 13.2 Å². The van der Waals surface area contributed by atoms with E-state index in [1.165, 1.54) is 6.21 Å². The van der Waals surface area contributed by atoms with Gasteiger partial charge in [0, 0.05) is 10.6 Å². The summed E-state index contributed by atoms with van der Waals surface area (Å²) in [6.07, 6.45) is 1.37. The molecule has 2 aromatic rings. The zero-order valence-electron chi connectivity index (χ0n) is 13.3. The quantitative estimate of drug-likeness (QED) is 0.539. The number of nitrogens with one attached hydrogen (secondary N) is 2. The first-order chi connectivity index (χ1) is 12.5. The molecule has 136 valence electrons. The Kier molecular flexibility index (Phi) is 7.72. The molecule has 0 aliphatic rings. The molecule has 0 heterocycles. The van der Waals surface area contributed by atoms with Crippen molar-refractivity contribution in [2.24, 2.45) is 5.10 Å². The van der Waals surface area contributed by atoms with Gasteiger partial charge < -0.3 is 10.1 Å². The maximum Gasteiger partial charge on any atom is 0.259 e. The molecule has 0 spiro atoms. The lowest BCUT2D eigenvalue weighted by Crippen LogP contribution is -2.37. The number of para-hydroxylation sites is 1. The summed E-state index contributed by atoms with van der Waals surface area (Å²) in [6.45, 7) is -0.517. The first-order valence-electron chi connectivity index (χ1n) is 7.36. The van der Waals surface area contributed by atoms with Crippen LogP contribution < -0.4 is 15.5 Å². The van der Waals surface area contributed by atoms with E-state index >= 15 is 0 Å². The SMILES string of the molecule is O=C(COc1ccccc1Cl)NCC(=O)N/N=C\c1ccc(Cl)cc1Cl. The summed E-state index contributed by atoms with van der Waals surface area (Å²) in [7, 11) is 0. The van der Waals surface area contributed by atoms with Crippen molar-refractivity contribution in [3.05, 3.63) is 63.1 Å². The monoisotopic (exact) mass is 413 g/mol. The van der Waals surface area contributed by atoms with Gasteiger partial charge in [-0.2, -0.15) is 5.10 Å². The third kappa shape index (κ3) is 6.55. The molecular formula is C17H14Cl3N3O3. The second-order valence-electron chi connectivity index (χ2n) is 4.95. The summed E-state index contributed by atoms with van der Waals surface area (Å²) in [5.41, 5.74) is 2.86. The Morgan fingerprint density at radius 3 is 2.54 bits per heavy atom. The van der Waals surface area contributed by atoms with Crippen molar-refractivity contribution in [3.8, 4) is 5.75 Å². The smallest absolute Gasteiger partial charge is 0.259 e. The van der Waals surface area contributed by atoms with E-state index in [1.807, 2.05) is 0 Å². The molecule has 0 fully saturated rings.